The molecule has 5 heteroatoms. The first-order chi connectivity index (χ1) is 8.56. The van der Waals surface area contributed by atoms with Crippen LogP contribution >= 0.6 is 15.9 Å². The molecule has 1 heterocycles. The number of nitrogens with zero attached hydrogens (tertiary/aromatic N) is 1. The molecule has 0 saturated carbocycles. The molecule has 92 valence electrons. The number of carbonyl (C=O) groups is 1. The highest BCUT2D eigenvalue weighted by molar-refractivity contribution is 9.10. The predicted octanol–water partition coefficient (Wildman–Crippen LogP) is 3.64. The number of halogens is 1. The summed E-state index contributed by atoms with van der Waals surface area (Å²) in [6.07, 6.45) is 0. The molecular weight excluding hydrogens is 298 g/mol. The summed E-state index contributed by atoms with van der Waals surface area (Å²) in [7, 11) is 0. The number of rotatable bonds is 3. The Morgan fingerprint density at radius 2 is 2.11 bits per heavy atom. The Balaban J connectivity index is 2.25. The quantitative estimate of drug-likeness (QED) is 0.940. The summed E-state index contributed by atoms with van der Waals surface area (Å²) in [6, 6.07) is 9.83. The molecule has 0 atom stereocenters. The van der Waals surface area contributed by atoms with E-state index >= 15 is 0 Å². The Labute approximate surface area is 112 Å². The maximum absolute atomic E-state index is 10.8. The van der Waals surface area contributed by atoms with Crippen LogP contribution in [0.1, 0.15) is 16.1 Å². The number of carboxylic acids is 1. The number of ether oxygens (including phenoxy) is 1. The molecule has 1 N–H and O–H groups in total. The summed E-state index contributed by atoms with van der Waals surface area (Å²) in [6.45, 7) is 1.85. The Morgan fingerprint density at radius 3 is 2.78 bits per heavy atom. The van der Waals surface area contributed by atoms with Crippen molar-refractivity contribution in [1.29, 1.82) is 0 Å². The van der Waals surface area contributed by atoms with E-state index in [1.807, 2.05) is 13.0 Å². The molecule has 0 bridgehead atoms. The van der Waals surface area contributed by atoms with Crippen molar-refractivity contribution in [3.63, 3.8) is 0 Å². The van der Waals surface area contributed by atoms with Crippen molar-refractivity contribution in [1.82, 2.24) is 4.98 Å². The maximum atomic E-state index is 10.8. The molecule has 4 nitrogen and oxygen atoms in total. The smallest absolute Gasteiger partial charge is 0.335 e. The molecule has 2 aromatic rings. The number of carboxylic acid groups (broad SMARTS) is 1. The number of hydrogen-bond donors (Lipinski definition) is 1. The van der Waals surface area contributed by atoms with Crippen LogP contribution in [0.2, 0.25) is 0 Å². The third-order valence-electron chi connectivity index (χ3n) is 2.30. The van der Waals surface area contributed by atoms with Crippen molar-refractivity contribution < 1.29 is 14.6 Å². The fourth-order valence-electron chi connectivity index (χ4n) is 1.39. The summed E-state index contributed by atoms with van der Waals surface area (Å²) in [5, 5.41) is 8.88. The van der Waals surface area contributed by atoms with E-state index in [-0.39, 0.29) is 5.56 Å². The maximum Gasteiger partial charge on any atom is 0.335 e. The van der Waals surface area contributed by atoms with Gasteiger partial charge in [-0.25, -0.2) is 9.78 Å². The topological polar surface area (TPSA) is 59.4 Å². The highest BCUT2D eigenvalue weighted by atomic mass is 79.9. The van der Waals surface area contributed by atoms with Gasteiger partial charge in [0.05, 0.1) is 11.3 Å². The van der Waals surface area contributed by atoms with Gasteiger partial charge in [-0.05, 0) is 47.1 Å². The average Bonchev–Trinajstić information content (AvgIpc) is 2.34. The zero-order valence-electron chi connectivity index (χ0n) is 9.55. The average molecular weight is 308 g/mol. The van der Waals surface area contributed by atoms with Gasteiger partial charge in [0.2, 0.25) is 5.88 Å². The fourth-order valence-corrected chi connectivity index (χ4v) is 1.61. The molecule has 0 unspecified atom stereocenters. The van der Waals surface area contributed by atoms with Crippen molar-refractivity contribution in [3.8, 4) is 11.6 Å². The van der Waals surface area contributed by atoms with Crippen LogP contribution in [0.5, 0.6) is 11.6 Å². The number of aromatic nitrogens is 1. The lowest BCUT2D eigenvalue weighted by Crippen LogP contribution is -1.96. The van der Waals surface area contributed by atoms with Crippen molar-refractivity contribution in [2.45, 2.75) is 6.92 Å². The largest absolute Gasteiger partial charge is 0.478 e. The highest BCUT2D eigenvalue weighted by Crippen LogP contribution is 2.23. The third kappa shape index (κ3) is 2.87. The summed E-state index contributed by atoms with van der Waals surface area (Å²) < 4.78 is 6.41. The van der Waals surface area contributed by atoms with E-state index in [0.717, 1.165) is 10.2 Å². The fraction of sp³-hybridized carbons (Fsp3) is 0.0769. The molecule has 0 fully saturated rings. The molecule has 0 saturated heterocycles. The van der Waals surface area contributed by atoms with Crippen molar-refractivity contribution in [2.75, 3.05) is 0 Å². The lowest BCUT2D eigenvalue weighted by molar-refractivity contribution is 0.0696. The summed E-state index contributed by atoms with van der Waals surface area (Å²) in [5.41, 5.74) is 0.989. The van der Waals surface area contributed by atoms with Crippen molar-refractivity contribution in [2.24, 2.45) is 0 Å². The molecule has 1 aromatic heterocycles. The van der Waals surface area contributed by atoms with E-state index in [1.54, 1.807) is 18.2 Å². The van der Waals surface area contributed by atoms with Crippen LogP contribution in [0, 0.1) is 6.92 Å². The Bertz CT molecular complexity index is 599. The van der Waals surface area contributed by atoms with E-state index in [4.69, 9.17) is 9.84 Å². The van der Waals surface area contributed by atoms with E-state index < -0.39 is 5.97 Å². The lowest BCUT2D eigenvalue weighted by atomic mass is 10.2. The van der Waals surface area contributed by atoms with Crippen LogP contribution < -0.4 is 4.74 Å². The van der Waals surface area contributed by atoms with E-state index in [2.05, 4.69) is 20.9 Å². The summed E-state index contributed by atoms with van der Waals surface area (Å²) >= 11 is 3.35. The number of aryl methyl sites for hydroxylation is 1. The van der Waals surface area contributed by atoms with Crippen LogP contribution in [0.15, 0.2) is 40.9 Å². The van der Waals surface area contributed by atoms with Crippen LogP contribution in [0.3, 0.4) is 0 Å². The van der Waals surface area contributed by atoms with Crippen LogP contribution in [-0.2, 0) is 0 Å². The first-order valence-corrected chi connectivity index (χ1v) is 6.00. The molecule has 1 aromatic carbocycles. The predicted molar refractivity (Wildman–Crippen MR) is 70.1 cm³/mol. The minimum absolute atomic E-state index is 0.182. The van der Waals surface area contributed by atoms with Gasteiger partial charge in [-0.1, -0.05) is 6.07 Å². The highest BCUT2D eigenvalue weighted by Gasteiger charge is 2.06. The number of hydrogen-bond acceptors (Lipinski definition) is 3. The van der Waals surface area contributed by atoms with Crippen LogP contribution in [-0.4, -0.2) is 16.1 Å². The first kappa shape index (κ1) is 12.6. The zero-order chi connectivity index (χ0) is 13.1. The first-order valence-electron chi connectivity index (χ1n) is 5.20. The van der Waals surface area contributed by atoms with Crippen LogP contribution in [0.4, 0.5) is 0 Å². The molecule has 0 aliphatic heterocycles. The molecule has 0 radical (unpaired) electrons. The van der Waals surface area contributed by atoms with Gasteiger partial charge in [0, 0.05) is 10.5 Å². The molecule has 0 aliphatic carbocycles. The minimum atomic E-state index is -0.986. The van der Waals surface area contributed by atoms with Gasteiger partial charge in [0.15, 0.2) is 0 Å². The molecule has 0 amide bonds. The number of benzene rings is 1. The number of pyridine rings is 1. The van der Waals surface area contributed by atoms with E-state index in [1.165, 1.54) is 12.1 Å². The van der Waals surface area contributed by atoms with Gasteiger partial charge in [-0.2, -0.15) is 0 Å². The summed E-state index contributed by atoms with van der Waals surface area (Å²) in [5.74, 6) is -0.109. The lowest BCUT2D eigenvalue weighted by Gasteiger charge is -2.06. The Hall–Kier alpha value is -1.88. The second kappa shape index (κ2) is 5.18. The van der Waals surface area contributed by atoms with Gasteiger partial charge in [0.1, 0.15) is 5.75 Å². The van der Waals surface area contributed by atoms with E-state index in [9.17, 15) is 4.79 Å². The monoisotopic (exact) mass is 307 g/mol. The zero-order valence-corrected chi connectivity index (χ0v) is 11.1. The third-order valence-corrected chi connectivity index (χ3v) is 3.14. The van der Waals surface area contributed by atoms with Gasteiger partial charge in [-0.15, -0.1) is 0 Å². The van der Waals surface area contributed by atoms with Gasteiger partial charge in [-0.3, -0.25) is 0 Å². The number of aromatic carboxylic acids is 1. The van der Waals surface area contributed by atoms with Crippen molar-refractivity contribution >= 4 is 21.9 Å². The van der Waals surface area contributed by atoms with Crippen LogP contribution in [0.25, 0.3) is 0 Å². The van der Waals surface area contributed by atoms with Crippen molar-refractivity contribution in [3.05, 3.63) is 52.1 Å². The van der Waals surface area contributed by atoms with Gasteiger partial charge in [0.25, 0.3) is 0 Å². The SMILES string of the molecule is Cc1nc(Oc2cccc(C(=O)O)c2)ccc1Br. The second-order valence-corrected chi connectivity index (χ2v) is 4.51. The van der Waals surface area contributed by atoms with Gasteiger partial charge < -0.3 is 9.84 Å². The minimum Gasteiger partial charge on any atom is -0.478 e. The molecular formula is C13H10BrNO3. The standard InChI is InChI=1S/C13H10BrNO3/c1-8-11(14)5-6-12(15-8)18-10-4-2-3-9(7-10)13(16)17/h2-7H,1H3,(H,16,17). The normalized spacial score (nSPS) is 10.1. The summed E-state index contributed by atoms with van der Waals surface area (Å²) in [4.78, 5) is 15.1. The second-order valence-electron chi connectivity index (χ2n) is 3.65. The Kier molecular flexibility index (Phi) is 3.62. The van der Waals surface area contributed by atoms with E-state index in [0.29, 0.717) is 11.6 Å². The molecule has 2 rings (SSSR count). The molecule has 0 aliphatic rings. The Morgan fingerprint density at radius 1 is 1.33 bits per heavy atom. The van der Waals surface area contributed by atoms with Gasteiger partial charge >= 0.3 is 5.97 Å². The molecule has 0 spiro atoms. The molecule has 18 heavy (non-hydrogen) atoms.